The van der Waals surface area contributed by atoms with Crippen molar-refractivity contribution < 1.29 is 24.2 Å². The van der Waals surface area contributed by atoms with Crippen LogP contribution >= 0.6 is 0 Å². The average Bonchev–Trinajstić information content (AvgIpc) is 3.02. The molecule has 1 fully saturated rings. The van der Waals surface area contributed by atoms with Gasteiger partial charge in [0, 0.05) is 6.07 Å². The summed E-state index contributed by atoms with van der Waals surface area (Å²) in [5.41, 5.74) is 1.24. The Morgan fingerprint density at radius 2 is 2.29 bits per heavy atom. The van der Waals surface area contributed by atoms with Gasteiger partial charge in [-0.1, -0.05) is 0 Å². The van der Waals surface area contributed by atoms with Crippen LogP contribution < -0.4 is 10.1 Å². The Morgan fingerprint density at radius 3 is 2.95 bits per heavy atom. The molecule has 0 bridgehead atoms. The fraction of sp³-hybridized carbons (Fsp3) is 0.429. The lowest BCUT2D eigenvalue weighted by Crippen LogP contribution is -2.28. The Hall–Kier alpha value is -2.28. The van der Waals surface area contributed by atoms with E-state index in [1.807, 2.05) is 0 Å². The van der Waals surface area contributed by atoms with E-state index in [2.05, 4.69) is 10.3 Å². The molecule has 2 aromatic rings. The largest absolute Gasteiger partial charge is 0.497 e. The van der Waals surface area contributed by atoms with Crippen LogP contribution in [0.1, 0.15) is 12.8 Å². The number of hydrogen-bond donors (Lipinski definition) is 3. The van der Waals surface area contributed by atoms with Gasteiger partial charge in [0.15, 0.2) is 5.58 Å². The van der Waals surface area contributed by atoms with Crippen LogP contribution in [0.5, 0.6) is 5.75 Å². The van der Waals surface area contributed by atoms with Crippen molar-refractivity contribution in [3.8, 4) is 5.75 Å². The molecule has 112 valence electrons. The SMILES string of the molecule is COc1ccc2oc(NC3CC(C(=O)O)CC3O)nc2c1. The number of benzene rings is 1. The first-order chi connectivity index (χ1) is 10.1. The maximum atomic E-state index is 11.0. The van der Waals surface area contributed by atoms with Crippen molar-refractivity contribution in [2.75, 3.05) is 12.4 Å². The molecule has 1 aliphatic rings. The van der Waals surface area contributed by atoms with Crippen molar-refractivity contribution in [2.24, 2.45) is 5.92 Å². The van der Waals surface area contributed by atoms with Crippen LogP contribution in [-0.4, -0.2) is 40.4 Å². The molecule has 1 aromatic carbocycles. The van der Waals surface area contributed by atoms with E-state index in [0.29, 0.717) is 23.3 Å². The van der Waals surface area contributed by atoms with Crippen molar-refractivity contribution in [1.82, 2.24) is 4.98 Å². The van der Waals surface area contributed by atoms with Crippen molar-refractivity contribution in [2.45, 2.75) is 25.0 Å². The van der Waals surface area contributed by atoms with Gasteiger partial charge in [0.1, 0.15) is 11.3 Å². The maximum absolute atomic E-state index is 11.0. The van der Waals surface area contributed by atoms with Gasteiger partial charge >= 0.3 is 5.97 Å². The number of ether oxygens (including phenoxy) is 1. The number of methoxy groups -OCH3 is 1. The zero-order valence-corrected chi connectivity index (χ0v) is 11.4. The second kappa shape index (κ2) is 5.25. The van der Waals surface area contributed by atoms with Gasteiger partial charge in [0.05, 0.1) is 25.2 Å². The lowest BCUT2D eigenvalue weighted by Gasteiger charge is -2.13. The quantitative estimate of drug-likeness (QED) is 0.783. The van der Waals surface area contributed by atoms with Gasteiger partial charge in [-0.3, -0.25) is 4.79 Å². The number of rotatable bonds is 4. The average molecular weight is 292 g/mol. The Balaban J connectivity index is 1.77. The number of aliphatic carboxylic acids is 1. The van der Waals surface area contributed by atoms with E-state index in [0.717, 1.165) is 0 Å². The minimum Gasteiger partial charge on any atom is -0.497 e. The highest BCUT2D eigenvalue weighted by molar-refractivity contribution is 5.76. The molecule has 1 saturated carbocycles. The monoisotopic (exact) mass is 292 g/mol. The standard InChI is InChI=1S/C14H16N2O5/c1-20-8-2-3-12-10(6-8)16-14(21-12)15-9-4-7(13(18)19)5-11(9)17/h2-3,6-7,9,11,17H,4-5H2,1H3,(H,15,16)(H,18,19). The van der Waals surface area contributed by atoms with E-state index in [-0.39, 0.29) is 18.5 Å². The first kappa shape index (κ1) is 13.7. The van der Waals surface area contributed by atoms with E-state index in [1.165, 1.54) is 0 Å². The number of aromatic nitrogens is 1. The predicted molar refractivity (Wildman–Crippen MR) is 74.3 cm³/mol. The van der Waals surface area contributed by atoms with Crippen LogP contribution in [0.4, 0.5) is 6.01 Å². The fourth-order valence-electron chi connectivity index (χ4n) is 2.63. The number of carbonyl (C=O) groups is 1. The number of fused-ring (bicyclic) bond motifs is 1. The molecule has 21 heavy (non-hydrogen) atoms. The smallest absolute Gasteiger partial charge is 0.306 e. The molecule has 0 saturated heterocycles. The molecule has 1 aromatic heterocycles. The number of hydrogen-bond acceptors (Lipinski definition) is 6. The van der Waals surface area contributed by atoms with E-state index in [9.17, 15) is 9.90 Å². The third-order valence-corrected chi connectivity index (χ3v) is 3.78. The van der Waals surface area contributed by atoms with Crippen LogP contribution in [0.25, 0.3) is 11.1 Å². The summed E-state index contributed by atoms with van der Waals surface area (Å²) in [7, 11) is 1.57. The summed E-state index contributed by atoms with van der Waals surface area (Å²) in [4.78, 5) is 15.2. The number of carboxylic acid groups (broad SMARTS) is 1. The number of carboxylic acids is 1. The first-order valence-electron chi connectivity index (χ1n) is 6.69. The molecule has 0 aliphatic heterocycles. The van der Waals surface area contributed by atoms with Gasteiger partial charge in [-0.15, -0.1) is 0 Å². The summed E-state index contributed by atoms with van der Waals surface area (Å²) >= 11 is 0. The minimum absolute atomic E-state index is 0.237. The van der Waals surface area contributed by atoms with Gasteiger partial charge in [-0.25, -0.2) is 0 Å². The lowest BCUT2D eigenvalue weighted by molar-refractivity contribution is -0.141. The minimum atomic E-state index is -0.888. The topological polar surface area (TPSA) is 105 Å². The molecule has 0 radical (unpaired) electrons. The normalized spacial score (nSPS) is 25.1. The molecular formula is C14H16N2O5. The number of aliphatic hydroxyl groups is 1. The van der Waals surface area contributed by atoms with E-state index in [1.54, 1.807) is 25.3 Å². The Morgan fingerprint density at radius 1 is 1.48 bits per heavy atom. The van der Waals surface area contributed by atoms with Crippen molar-refractivity contribution in [3.63, 3.8) is 0 Å². The summed E-state index contributed by atoms with van der Waals surface area (Å²) in [5, 5.41) is 21.9. The summed E-state index contributed by atoms with van der Waals surface area (Å²) in [6.07, 6.45) is -0.143. The molecule has 7 heteroatoms. The summed E-state index contributed by atoms with van der Waals surface area (Å²) in [6, 6.07) is 5.16. The van der Waals surface area contributed by atoms with E-state index < -0.39 is 18.0 Å². The van der Waals surface area contributed by atoms with Crippen LogP contribution in [0, 0.1) is 5.92 Å². The van der Waals surface area contributed by atoms with Crippen LogP contribution in [0.3, 0.4) is 0 Å². The van der Waals surface area contributed by atoms with Crippen molar-refractivity contribution in [1.29, 1.82) is 0 Å². The third-order valence-electron chi connectivity index (χ3n) is 3.78. The third kappa shape index (κ3) is 2.64. The fourth-order valence-corrected chi connectivity index (χ4v) is 2.63. The highest BCUT2D eigenvalue weighted by Crippen LogP contribution is 2.30. The van der Waals surface area contributed by atoms with Crippen LogP contribution in [0.15, 0.2) is 22.6 Å². The van der Waals surface area contributed by atoms with E-state index >= 15 is 0 Å². The number of aliphatic hydroxyl groups excluding tert-OH is 1. The Kier molecular flexibility index (Phi) is 3.42. The number of oxazole rings is 1. The lowest BCUT2D eigenvalue weighted by atomic mass is 10.1. The van der Waals surface area contributed by atoms with Gasteiger partial charge in [-0.2, -0.15) is 4.98 Å². The summed E-state index contributed by atoms with van der Waals surface area (Å²) < 4.78 is 10.7. The molecule has 3 rings (SSSR count). The summed E-state index contributed by atoms with van der Waals surface area (Å²) in [5.74, 6) is -0.753. The van der Waals surface area contributed by atoms with Gasteiger partial charge in [0.2, 0.25) is 0 Å². The van der Waals surface area contributed by atoms with Gasteiger partial charge in [0.25, 0.3) is 6.01 Å². The predicted octanol–water partition coefficient (Wildman–Crippen LogP) is 1.47. The molecule has 1 heterocycles. The van der Waals surface area contributed by atoms with E-state index in [4.69, 9.17) is 14.3 Å². The highest BCUT2D eigenvalue weighted by atomic mass is 16.5. The number of nitrogens with one attached hydrogen (secondary N) is 1. The molecule has 7 nitrogen and oxygen atoms in total. The summed E-state index contributed by atoms with van der Waals surface area (Å²) in [6.45, 7) is 0. The van der Waals surface area contributed by atoms with Crippen molar-refractivity contribution in [3.05, 3.63) is 18.2 Å². The zero-order chi connectivity index (χ0) is 15.0. The van der Waals surface area contributed by atoms with Gasteiger partial charge < -0.3 is 24.7 Å². The molecule has 3 unspecified atom stereocenters. The maximum Gasteiger partial charge on any atom is 0.306 e. The van der Waals surface area contributed by atoms with Crippen molar-refractivity contribution >= 4 is 23.1 Å². The van der Waals surface area contributed by atoms with Crippen LogP contribution in [-0.2, 0) is 4.79 Å². The highest BCUT2D eigenvalue weighted by Gasteiger charge is 2.37. The molecule has 3 N–H and O–H groups in total. The second-order valence-corrected chi connectivity index (χ2v) is 5.18. The second-order valence-electron chi connectivity index (χ2n) is 5.18. The molecule has 1 aliphatic carbocycles. The first-order valence-corrected chi connectivity index (χ1v) is 6.69. The molecule has 3 atom stereocenters. The molecule has 0 amide bonds. The number of anilines is 1. The number of nitrogens with zero attached hydrogens (tertiary/aromatic N) is 1. The zero-order valence-electron chi connectivity index (χ0n) is 11.4. The molecular weight excluding hydrogens is 276 g/mol. The van der Waals surface area contributed by atoms with Gasteiger partial charge in [-0.05, 0) is 25.0 Å². The van der Waals surface area contributed by atoms with Crippen LogP contribution in [0.2, 0.25) is 0 Å². The Labute approximate surface area is 120 Å². The molecule has 0 spiro atoms. The Bertz CT molecular complexity index is 668.